The molecule has 24 heavy (non-hydrogen) atoms. The summed E-state index contributed by atoms with van der Waals surface area (Å²) < 4.78 is 5.14. The van der Waals surface area contributed by atoms with Gasteiger partial charge < -0.3 is 15.0 Å². The highest BCUT2D eigenvalue weighted by molar-refractivity contribution is 5.88. The second-order valence-electron chi connectivity index (χ2n) is 6.63. The molecule has 1 saturated carbocycles. The molecule has 1 heterocycles. The Hall–Kier alpha value is -2.30. The number of nitrogens with one attached hydrogen (secondary N) is 2. The second kappa shape index (κ2) is 7.51. The number of carbonyl (C=O) groups excluding carboxylic acids is 2. The van der Waals surface area contributed by atoms with Crippen molar-refractivity contribution >= 4 is 22.8 Å². The highest BCUT2D eigenvalue weighted by Crippen LogP contribution is 2.23. The normalized spacial score (nSPS) is 20.7. The summed E-state index contributed by atoms with van der Waals surface area (Å²) in [6, 6.07) is 8.01. The highest BCUT2D eigenvalue weighted by atomic mass is 16.5. The Morgan fingerprint density at radius 2 is 2.04 bits per heavy atom. The van der Waals surface area contributed by atoms with Crippen LogP contribution in [0.1, 0.15) is 38.2 Å². The smallest absolute Gasteiger partial charge is 0.310 e. The van der Waals surface area contributed by atoms with Gasteiger partial charge in [0, 0.05) is 23.1 Å². The van der Waals surface area contributed by atoms with Gasteiger partial charge in [-0.1, -0.05) is 38.0 Å². The number of para-hydroxylation sites is 1. The lowest BCUT2D eigenvalue weighted by Gasteiger charge is -2.29. The average Bonchev–Trinajstić information content (AvgIpc) is 2.98. The molecule has 5 heteroatoms. The molecule has 1 aromatic carbocycles. The third kappa shape index (κ3) is 3.96. The third-order valence-electron chi connectivity index (χ3n) is 4.83. The van der Waals surface area contributed by atoms with Crippen LogP contribution in [0.5, 0.6) is 0 Å². The molecular weight excluding hydrogens is 304 g/mol. The zero-order valence-electron chi connectivity index (χ0n) is 14.0. The van der Waals surface area contributed by atoms with E-state index in [4.69, 9.17) is 4.74 Å². The van der Waals surface area contributed by atoms with Gasteiger partial charge >= 0.3 is 5.97 Å². The number of esters is 1. The summed E-state index contributed by atoms with van der Waals surface area (Å²) in [4.78, 5) is 27.1. The fraction of sp³-hybridized carbons (Fsp3) is 0.474. The number of carbonyl (C=O) groups is 2. The van der Waals surface area contributed by atoms with Crippen molar-refractivity contribution in [1.82, 2.24) is 10.3 Å². The number of amides is 1. The van der Waals surface area contributed by atoms with Crippen molar-refractivity contribution < 1.29 is 14.3 Å². The largest absolute Gasteiger partial charge is 0.455 e. The van der Waals surface area contributed by atoms with Crippen molar-refractivity contribution in [3.05, 3.63) is 36.0 Å². The second-order valence-corrected chi connectivity index (χ2v) is 6.63. The fourth-order valence-electron chi connectivity index (χ4n) is 3.41. The quantitative estimate of drug-likeness (QED) is 0.829. The molecule has 3 rings (SSSR count). The molecule has 2 aromatic rings. The number of benzene rings is 1. The van der Waals surface area contributed by atoms with E-state index in [-0.39, 0.29) is 30.9 Å². The van der Waals surface area contributed by atoms with Gasteiger partial charge in [-0.25, -0.2) is 0 Å². The Bertz CT molecular complexity index is 722. The van der Waals surface area contributed by atoms with E-state index in [0.29, 0.717) is 5.92 Å². The number of ether oxygens (including phenoxy) is 1. The van der Waals surface area contributed by atoms with Gasteiger partial charge in [0.15, 0.2) is 6.61 Å². The van der Waals surface area contributed by atoms with Crippen molar-refractivity contribution in [1.29, 1.82) is 0 Å². The minimum Gasteiger partial charge on any atom is -0.455 e. The molecule has 0 aliphatic heterocycles. The highest BCUT2D eigenvalue weighted by Gasteiger charge is 2.23. The maximum atomic E-state index is 12.0. The van der Waals surface area contributed by atoms with Crippen molar-refractivity contribution in [2.24, 2.45) is 5.92 Å². The molecule has 0 saturated heterocycles. The Kier molecular flexibility index (Phi) is 5.18. The number of rotatable bonds is 5. The number of H-pyrrole nitrogens is 1. The van der Waals surface area contributed by atoms with Crippen LogP contribution >= 0.6 is 0 Å². The molecule has 1 aliphatic carbocycles. The van der Waals surface area contributed by atoms with Gasteiger partial charge in [0.1, 0.15) is 0 Å². The predicted octanol–water partition coefficient (Wildman–Crippen LogP) is 2.95. The Balaban J connectivity index is 1.47. The van der Waals surface area contributed by atoms with Gasteiger partial charge in [0.2, 0.25) is 0 Å². The van der Waals surface area contributed by atoms with Crippen LogP contribution in [0.2, 0.25) is 0 Å². The Morgan fingerprint density at radius 3 is 2.88 bits per heavy atom. The van der Waals surface area contributed by atoms with Gasteiger partial charge in [0.25, 0.3) is 5.91 Å². The van der Waals surface area contributed by atoms with E-state index < -0.39 is 0 Å². The number of aromatic amines is 1. The molecule has 0 spiro atoms. The Morgan fingerprint density at radius 1 is 1.25 bits per heavy atom. The molecule has 128 valence electrons. The Labute approximate surface area is 141 Å². The van der Waals surface area contributed by atoms with Crippen molar-refractivity contribution in [2.45, 2.75) is 45.1 Å². The molecule has 1 fully saturated rings. The lowest BCUT2D eigenvalue weighted by molar-refractivity contribution is -0.148. The molecule has 0 bridgehead atoms. The summed E-state index contributed by atoms with van der Waals surface area (Å²) >= 11 is 0. The van der Waals surface area contributed by atoms with E-state index in [0.717, 1.165) is 35.7 Å². The SMILES string of the molecule is C[C@@H]1CCCC[C@@H]1NC(=O)COC(=O)Cc1c[nH]c2ccccc12. The number of hydrogen-bond donors (Lipinski definition) is 2. The lowest BCUT2D eigenvalue weighted by atomic mass is 9.86. The summed E-state index contributed by atoms with van der Waals surface area (Å²) in [7, 11) is 0. The molecular formula is C19H24N2O3. The molecule has 5 nitrogen and oxygen atoms in total. The average molecular weight is 328 g/mol. The van der Waals surface area contributed by atoms with Gasteiger partial charge in [-0.3, -0.25) is 9.59 Å². The van der Waals surface area contributed by atoms with E-state index >= 15 is 0 Å². The topological polar surface area (TPSA) is 71.2 Å². The van der Waals surface area contributed by atoms with Crippen LogP contribution in [-0.2, 0) is 20.7 Å². The minimum absolute atomic E-state index is 0.164. The molecule has 2 atom stereocenters. The number of hydrogen-bond acceptors (Lipinski definition) is 3. The zero-order chi connectivity index (χ0) is 16.9. The lowest BCUT2D eigenvalue weighted by Crippen LogP contribution is -2.42. The van der Waals surface area contributed by atoms with E-state index in [2.05, 4.69) is 17.2 Å². The first-order chi connectivity index (χ1) is 11.6. The number of fused-ring (bicyclic) bond motifs is 1. The fourth-order valence-corrected chi connectivity index (χ4v) is 3.41. The first-order valence-corrected chi connectivity index (χ1v) is 8.63. The third-order valence-corrected chi connectivity index (χ3v) is 4.83. The molecule has 1 amide bonds. The van der Waals surface area contributed by atoms with Crippen molar-refractivity contribution in [2.75, 3.05) is 6.61 Å². The molecule has 1 aromatic heterocycles. The van der Waals surface area contributed by atoms with Crippen LogP contribution in [0, 0.1) is 5.92 Å². The summed E-state index contributed by atoms with van der Waals surface area (Å²) in [5, 5.41) is 4.00. The molecule has 0 unspecified atom stereocenters. The van der Waals surface area contributed by atoms with Gasteiger partial charge in [-0.2, -0.15) is 0 Å². The van der Waals surface area contributed by atoms with Crippen LogP contribution < -0.4 is 5.32 Å². The molecule has 2 N–H and O–H groups in total. The van der Waals surface area contributed by atoms with E-state index in [1.165, 1.54) is 6.42 Å². The first-order valence-electron chi connectivity index (χ1n) is 8.63. The van der Waals surface area contributed by atoms with Gasteiger partial charge in [0.05, 0.1) is 6.42 Å². The van der Waals surface area contributed by atoms with E-state index in [1.54, 1.807) is 0 Å². The standard InChI is InChI=1S/C19H24N2O3/c1-13-6-2-4-8-16(13)21-18(22)12-24-19(23)10-14-11-20-17-9-5-3-7-15(14)17/h3,5,7,9,11,13,16,20H,2,4,6,8,10,12H2,1H3,(H,21,22)/t13-,16+/m1/s1. The zero-order valence-corrected chi connectivity index (χ0v) is 14.0. The predicted molar refractivity (Wildman–Crippen MR) is 92.5 cm³/mol. The van der Waals surface area contributed by atoms with Crippen LogP contribution in [0.25, 0.3) is 10.9 Å². The summed E-state index contributed by atoms with van der Waals surface area (Å²) in [5.74, 6) is -0.0998. The monoisotopic (exact) mass is 328 g/mol. The maximum absolute atomic E-state index is 12.0. The first kappa shape index (κ1) is 16.6. The molecule has 1 aliphatic rings. The summed E-state index contributed by atoms with van der Waals surface area (Å²) in [6.07, 6.45) is 6.51. The summed E-state index contributed by atoms with van der Waals surface area (Å²) in [5.41, 5.74) is 1.88. The maximum Gasteiger partial charge on any atom is 0.310 e. The van der Waals surface area contributed by atoms with E-state index in [9.17, 15) is 9.59 Å². The van der Waals surface area contributed by atoms with Crippen LogP contribution in [-0.4, -0.2) is 29.5 Å². The van der Waals surface area contributed by atoms with Crippen molar-refractivity contribution in [3.8, 4) is 0 Å². The van der Waals surface area contributed by atoms with Gasteiger partial charge in [-0.15, -0.1) is 0 Å². The summed E-state index contributed by atoms with van der Waals surface area (Å²) in [6.45, 7) is 1.96. The van der Waals surface area contributed by atoms with E-state index in [1.807, 2.05) is 30.5 Å². The van der Waals surface area contributed by atoms with Gasteiger partial charge in [-0.05, 0) is 30.4 Å². The van der Waals surface area contributed by atoms with Crippen LogP contribution in [0.4, 0.5) is 0 Å². The minimum atomic E-state index is -0.383. The number of aromatic nitrogens is 1. The van der Waals surface area contributed by atoms with Crippen molar-refractivity contribution in [3.63, 3.8) is 0 Å². The van der Waals surface area contributed by atoms with Crippen LogP contribution in [0.3, 0.4) is 0 Å². The van der Waals surface area contributed by atoms with Crippen LogP contribution in [0.15, 0.2) is 30.5 Å². The molecule has 0 radical (unpaired) electrons.